The van der Waals surface area contributed by atoms with Gasteiger partial charge in [-0.3, -0.25) is 14.7 Å². The highest BCUT2D eigenvalue weighted by molar-refractivity contribution is 6.34. The van der Waals surface area contributed by atoms with Crippen LogP contribution in [-0.4, -0.2) is 53.6 Å². The Hall–Kier alpha value is -2.38. The largest absolute Gasteiger partial charge is 0.347 e. The molecule has 1 aromatic carbocycles. The van der Waals surface area contributed by atoms with Crippen LogP contribution in [0.15, 0.2) is 30.3 Å². The van der Waals surface area contributed by atoms with E-state index >= 15 is 0 Å². The minimum Gasteiger partial charge on any atom is -0.347 e. The molecule has 0 aliphatic carbocycles. The zero-order valence-corrected chi connectivity index (χ0v) is 14.5. The maximum Gasteiger partial charge on any atom is 0.272 e. The van der Waals surface area contributed by atoms with Gasteiger partial charge in [0.15, 0.2) is 5.69 Å². The number of nitrogens with zero attached hydrogens (tertiary/aromatic N) is 2. The van der Waals surface area contributed by atoms with Crippen molar-refractivity contribution in [1.82, 2.24) is 20.4 Å². The highest BCUT2D eigenvalue weighted by Gasteiger charge is 2.16. The van der Waals surface area contributed by atoms with E-state index in [1.807, 2.05) is 25.9 Å². The number of halogens is 1. The number of rotatable bonds is 6. The van der Waals surface area contributed by atoms with Crippen LogP contribution in [0.4, 0.5) is 5.82 Å². The Labute approximate surface area is 145 Å². The van der Waals surface area contributed by atoms with Crippen molar-refractivity contribution in [3.8, 4) is 0 Å². The lowest BCUT2D eigenvalue weighted by Crippen LogP contribution is -2.39. The zero-order valence-electron chi connectivity index (χ0n) is 13.8. The Morgan fingerprint density at radius 2 is 2.00 bits per heavy atom. The van der Waals surface area contributed by atoms with Gasteiger partial charge in [-0.2, -0.15) is 5.10 Å². The summed E-state index contributed by atoms with van der Waals surface area (Å²) in [6, 6.07) is 8.17. The third kappa shape index (κ3) is 4.81. The molecule has 1 aromatic heterocycles. The summed E-state index contributed by atoms with van der Waals surface area (Å²) in [4.78, 5) is 26.3. The van der Waals surface area contributed by atoms with Crippen LogP contribution in [0.3, 0.4) is 0 Å². The van der Waals surface area contributed by atoms with Gasteiger partial charge in [-0.15, -0.1) is 0 Å². The Morgan fingerprint density at radius 3 is 2.67 bits per heavy atom. The summed E-state index contributed by atoms with van der Waals surface area (Å²) in [5, 5.41) is 12.4. The van der Waals surface area contributed by atoms with Gasteiger partial charge in [-0.1, -0.05) is 23.7 Å². The van der Waals surface area contributed by atoms with E-state index in [-0.39, 0.29) is 23.6 Å². The number of aromatic amines is 1. The minimum absolute atomic E-state index is 0.0228. The molecule has 8 heteroatoms. The van der Waals surface area contributed by atoms with Crippen molar-refractivity contribution in [2.75, 3.05) is 26.0 Å². The predicted molar refractivity (Wildman–Crippen MR) is 93.5 cm³/mol. The van der Waals surface area contributed by atoms with E-state index in [0.29, 0.717) is 22.9 Å². The van der Waals surface area contributed by atoms with Gasteiger partial charge in [0.25, 0.3) is 11.8 Å². The van der Waals surface area contributed by atoms with E-state index in [1.165, 1.54) is 6.07 Å². The number of carbonyl (C=O) groups excluding carboxylic acids is 2. The average molecular weight is 350 g/mol. The Kier molecular flexibility index (Phi) is 5.94. The van der Waals surface area contributed by atoms with Crippen LogP contribution in [-0.2, 0) is 0 Å². The number of benzene rings is 1. The van der Waals surface area contributed by atoms with E-state index in [9.17, 15) is 9.59 Å². The first kappa shape index (κ1) is 18.0. The SMILES string of the molecule is CC(CN(C)C)NC(=O)c1cc(NC(=O)c2ccccc2Cl)[nH]n1. The molecule has 0 aliphatic heterocycles. The summed E-state index contributed by atoms with van der Waals surface area (Å²) >= 11 is 5.98. The Bertz CT molecular complexity index is 729. The van der Waals surface area contributed by atoms with Gasteiger partial charge in [0, 0.05) is 18.7 Å². The molecule has 0 saturated heterocycles. The van der Waals surface area contributed by atoms with Crippen LogP contribution in [0.25, 0.3) is 0 Å². The summed E-state index contributed by atoms with van der Waals surface area (Å²) in [5.41, 5.74) is 0.550. The van der Waals surface area contributed by atoms with E-state index in [2.05, 4.69) is 20.8 Å². The summed E-state index contributed by atoms with van der Waals surface area (Å²) in [7, 11) is 3.86. The van der Waals surface area contributed by atoms with Gasteiger partial charge < -0.3 is 15.5 Å². The number of hydrogen-bond donors (Lipinski definition) is 3. The summed E-state index contributed by atoms with van der Waals surface area (Å²) in [6.07, 6.45) is 0. The molecule has 2 amide bonds. The highest BCUT2D eigenvalue weighted by Crippen LogP contribution is 2.16. The molecule has 24 heavy (non-hydrogen) atoms. The number of H-pyrrole nitrogens is 1. The molecule has 0 radical (unpaired) electrons. The first-order valence-electron chi connectivity index (χ1n) is 7.43. The van der Waals surface area contributed by atoms with Gasteiger partial charge in [0.05, 0.1) is 10.6 Å². The van der Waals surface area contributed by atoms with Crippen molar-refractivity contribution in [2.24, 2.45) is 0 Å². The van der Waals surface area contributed by atoms with Crippen molar-refractivity contribution < 1.29 is 9.59 Å². The molecule has 1 unspecified atom stereocenters. The van der Waals surface area contributed by atoms with Crippen LogP contribution < -0.4 is 10.6 Å². The summed E-state index contributed by atoms with van der Waals surface area (Å²) in [6.45, 7) is 2.62. The zero-order chi connectivity index (χ0) is 17.7. The minimum atomic E-state index is -0.378. The summed E-state index contributed by atoms with van der Waals surface area (Å²) < 4.78 is 0. The first-order valence-corrected chi connectivity index (χ1v) is 7.81. The number of hydrogen-bond acceptors (Lipinski definition) is 4. The molecule has 7 nitrogen and oxygen atoms in total. The average Bonchev–Trinajstić information content (AvgIpc) is 2.95. The maximum atomic E-state index is 12.2. The number of anilines is 1. The molecule has 128 valence electrons. The van der Waals surface area contributed by atoms with Gasteiger partial charge in [0.1, 0.15) is 5.82 Å². The van der Waals surface area contributed by atoms with Crippen molar-refractivity contribution >= 4 is 29.2 Å². The second-order valence-electron chi connectivity index (χ2n) is 5.74. The van der Waals surface area contributed by atoms with Gasteiger partial charge in [-0.05, 0) is 33.2 Å². The van der Waals surface area contributed by atoms with Crippen molar-refractivity contribution in [3.63, 3.8) is 0 Å². The Balaban J connectivity index is 1.99. The molecule has 0 spiro atoms. The number of amides is 2. The molecule has 0 fully saturated rings. The molecule has 0 bridgehead atoms. The fourth-order valence-electron chi connectivity index (χ4n) is 2.23. The van der Waals surface area contributed by atoms with Crippen LogP contribution >= 0.6 is 11.6 Å². The second-order valence-corrected chi connectivity index (χ2v) is 6.14. The van der Waals surface area contributed by atoms with E-state index in [4.69, 9.17) is 11.6 Å². The van der Waals surface area contributed by atoms with Crippen LogP contribution in [0.2, 0.25) is 5.02 Å². The molecule has 2 aromatic rings. The molecule has 1 atom stereocenters. The number of aromatic nitrogens is 2. The number of nitrogens with one attached hydrogen (secondary N) is 3. The standard InChI is InChI=1S/C16H20ClN5O2/c1-10(9-22(2)3)18-16(24)13-8-14(21-20-13)19-15(23)11-6-4-5-7-12(11)17/h4-8,10H,9H2,1-3H3,(H,18,24)(H2,19,20,21,23). The molecule has 0 aliphatic rings. The van der Waals surface area contributed by atoms with E-state index in [1.54, 1.807) is 24.3 Å². The highest BCUT2D eigenvalue weighted by atomic mass is 35.5. The molecule has 2 rings (SSSR count). The molecule has 1 heterocycles. The maximum absolute atomic E-state index is 12.2. The van der Waals surface area contributed by atoms with Crippen LogP contribution in [0.1, 0.15) is 27.8 Å². The lowest BCUT2D eigenvalue weighted by molar-refractivity contribution is 0.0928. The fraction of sp³-hybridized carbons (Fsp3) is 0.312. The lowest BCUT2D eigenvalue weighted by atomic mass is 10.2. The fourth-order valence-corrected chi connectivity index (χ4v) is 2.45. The molecular formula is C16H20ClN5O2. The van der Waals surface area contributed by atoms with Crippen LogP contribution in [0, 0.1) is 0 Å². The molecule has 3 N–H and O–H groups in total. The van der Waals surface area contributed by atoms with Crippen molar-refractivity contribution in [3.05, 3.63) is 46.6 Å². The smallest absolute Gasteiger partial charge is 0.272 e. The van der Waals surface area contributed by atoms with Gasteiger partial charge in [-0.25, -0.2) is 0 Å². The first-order chi connectivity index (χ1) is 11.4. The monoisotopic (exact) mass is 349 g/mol. The van der Waals surface area contributed by atoms with Gasteiger partial charge >= 0.3 is 0 Å². The van der Waals surface area contributed by atoms with E-state index in [0.717, 1.165) is 0 Å². The van der Waals surface area contributed by atoms with Crippen molar-refractivity contribution in [2.45, 2.75) is 13.0 Å². The lowest BCUT2D eigenvalue weighted by Gasteiger charge is -2.17. The van der Waals surface area contributed by atoms with Gasteiger partial charge in [0.2, 0.25) is 0 Å². The van der Waals surface area contributed by atoms with Crippen LogP contribution in [0.5, 0.6) is 0 Å². The predicted octanol–water partition coefficient (Wildman–Crippen LogP) is 2.00. The quantitative estimate of drug-likeness (QED) is 0.744. The summed E-state index contributed by atoms with van der Waals surface area (Å²) in [5.74, 6) is -0.360. The molecular weight excluding hydrogens is 330 g/mol. The van der Waals surface area contributed by atoms with Crippen molar-refractivity contribution in [1.29, 1.82) is 0 Å². The molecule has 0 saturated carbocycles. The normalized spacial score (nSPS) is 12.0. The third-order valence-corrected chi connectivity index (χ3v) is 3.52. The number of likely N-dealkylation sites (N-methyl/N-ethyl adjacent to an activating group) is 1. The number of carbonyl (C=O) groups is 2. The Morgan fingerprint density at radius 1 is 1.29 bits per heavy atom. The topological polar surface area (TPSA) is 90.1 Å². The third-order valence-electron chi connectivity index (χ3n) is 3.19. The second kappa shape index (κ2) is 7.94. The van der Waals surface area contributed by atoms with E-state index < -0.39 is 0 Å².